The quantitative estimate of drug-likeness (QED) is 0.251. The van der Waals surface area contributed by atoms with Crippen LogP contribution in [0.15, 0.2) is 97.6 Å². The molecule has 0 aliphatic carbocycles. The molecule has 0 atom stereocenters. The number of nitrogens with zero attached hydrogens (tertiary/aromatic N) is 4. The Morgan fingerprint density at radius 1 is 0.472 bits per heavy atom. The van der Waals surface area contributed by atoms with E-state index in [9.17, 15) is 0 Å². The summed E-state index contributed by atoms with van der Waals surface area (Å²) in [6.45, 7) is 9.00. The van der Waals surface area contributed by atoms with Crippen molar-refractivity contribution in [2.24, 2.45) is 0 Å². The fraction of sp³-hybridized carbons (Fsp3) is 0.188. The summed E-state index contributed by atoms with van der Waals surface area (Å²) in [6, 6.07) is 25.2. The van der Waals surface area contributed by atoms with Gasteiger partial charge in [0.2, 0.25) is 0 Å². The van der Waals surface area contributed by atoms with E-state index in [1.165, 1.54) is 22.3 Å². The van der Waals surface area contributed by atoms with Gasteiger partial charge in [-0.1, -0.05) is 39.8 Å². The SMILES string of the molecule is CC(C)c1cc(-c2ncccn2)cc(C(C)C)c1-c1cc(-c2ccccn2)cc(-c2ccccn2)c1. The van der Waals surface area contributed by atoms with E-state index in [-0.39, 0.29) is 0 Å². The Balaban J connectivity index is 1.80. The number of rotatable bonds is 6. The van der Waals surface area contributed by atoms with E-state index in [1.54, 1.807) is 12.4 Å². The Morgan fingerprint density at radius 3 is 1.39 bits per heavy atom. The molecule has 0 amide bonds. The van der Waals surface area contributed by atoms with Crippen molar-refractivity contribution in [1.29, 1.82) is 0 Å². The van der Waals surface area contributed by atoms with Crippen LogP contribution in [0.1, 0.15) is 50.7 Å². The lowest BCUT2D eigenvalue weighted by atomic mass is 9.82. The molecule has 0 aliphatic rings. The summed E-state index contributed by atoms with van der Waals surface area (Å²) < 4.78 is 0. The first kappa shape index (κ1) is 23.6. The van der Waals surface area contributed by atoms with E-state index in [4.69, 9.17) is 0 Å². The van der Waals surface area contributed by atoms with Crippen molar-refractivity contribution in [1.82, 2.24) is 19.9 Å². The van der Waals surface area contributed by atoms with Crippen LogP contribution in [0, 0.1) is 0 Å². The largest absolute Gasteiger partial charge is 0.256 e. The Morgan fingerprint density at radius 2 is 0.944 bits per heavy atom. The third kappa shape index (κ3) is 4.80. The zero-order chi connectivity index (χ0) is 25.1. The summed E-state index contributed by atoms with van der Waals surface area (Å²) in [5.41, 5.74) is 10.1. The van der Waals surface area contributed by atoms with Crippen molar-refractivity contribution in [3.8, 4) is 45.0 Å². The molecule has 36 heavy (non-hydrogen) atoms. The van der Waals surface area contributed by atoms with E-state index in [2.05, 4.69) is 90.1 Å². The first-order chi connectivity index (χ1) is 17.5. The highest BCUT2D eigenvalue weighted by molar-refractivity contribution is 5.83. The number of hydrogen-bond donors (Lipinski definition) is 0. The van der Waals surface area contributed by atoms with Crippen LogP contribution in [0.5, 0.6) is 0 Å². The highest BCUT2D eigenvalue weighted by Gasteiger charge is 2.20. The maximum atomic E-state index is 4.65. The lowest BCUT2D eigenvalue weighted by molar-refractivity contribution is 0.838. The van der Waals surface area contributed by atoms with E-state index >= 15 is 0 Å². The van der Waals surface area contributed by atoms with Gasteiger partial charge in [-0.2, -0.15) is 0 Å². The van der Waals surface area contributed by atoms with Gasteiger partial charge in [0.25, 0.3) is 0 Å². The zero-order valence-electron chi connectivity index (χ0n) is 21.2. The van der Waals surface area contributed by atoms with E-state index in [0.717, 1.165) is 33.9 Å². The summed E-state index contributed by atoms with van der Waals surface area (Å²) in [5, 5.41) is 0. The zero-order valence-corrected chi connectivity index (χ0v) is 21.2. The van der Waals surface area contributed by atoms with Crippen molar-refractivity contribution >= 4 is 0 Å². The third-order valence-corrected chi connectivity index (χ3v) is 6.41. The lowest BCUT2D eigenvalue weighted by Crippen LogP contribution is -2.03. The molecule has 0 unspecified atom stereocenters. The van der Waals surface area contributed by atoms with Crippen molar-refractivity contribution < 1.29 is 0 Å². The minimum atomic E-state index is 0.318. The molecule has 4 heteroatoms. The second kappa shape index (κ2) is 10.2. The van der Waals surface area contributed by atoms with Crippen LogP contribution < -0.4 is 0 Å². The summed E-state index contributed by atoms with van der Waals surface area (Å²) in [5.74, 6) is 1.39. The number of pyridine rings is 2. The van der Waals surface area contributed by atoms with Crippen LogP contribution >= 0.6 is 0 Å². The first-order valence-electron chi connectivity index (χ1n) is 12.4. The fourth-order valence-electron chi connectivity index (χ4n) is 4.64. The molecule has 3 aromatic heterocycles. The molecule has 2 aromatic carbocycles. The molecular weight excluding hydrogens is 440 g/mol. The molecule has 0 bridgehead atoms. The average molecular weight is 471 g/mol. The van der Waals surface area contributed by atoms with Gasteiger partial charge in [-0.15, -0.1) is 0 Å². The van der Waals surface area contributed by atoms with Crippen LogP contribution in [0.3, 0.4) is 0 Å². The van der Waals surface area contributed by atoms with Crippen molar-refractivity contribution in [3.63, 3.8) is 0 Å². The van der Waals surface area contributed by atoms with Gasteiger partial charge < -0.3 is 0 Å². The highest BCUT2D eigenvalue weighted by Crippen LogP contribution is 2.41. The van der Waals surface area contributed by atoms with Crippen LogP contribution in [-0.4, -0.2) is 19.9 Å². The molecule has 5 rings (SSSR count). The predicted octanol–water partition coefficient (Wildman–Crippen LogP) is 8.18. The molecule has 0 saturated heterocycles. The van der Waals surface area contributed by atoms with Crippen LogP contribution in [-0.2, 0) is 0 Å². The molecule has 5 aromatic rings. The Labute approximate surface area is 213 Å². The maximum Gasteiger partial charge on any atom is 0.159 e. The molecule has 0 spiro atoms. The monoisotopic (exact) mass is 470 g/mol. The van der Waals surface area contributed by atoms with Gasteiger partial charge in [0.1, 0.15) is 0 Å². The molecule has 178 valence electrons. The number of benzene rings is 2. The van der Waals surface area contributed by atoms with E-state index in [0.29, 0.717) is 11.8 Å². The third-order valence-electron chi connectivity index (χ3n) is 6.41. The minimum Gasteiger partial charge on any atom is -0.256 e. The van der Waals surface area contributed by atoms with Gasteiger partial charge in [0.15, 0.2) is 5.82 Å². The Hall–Kier alpha value is -4.18. The Bertz CT molecular complexity index is 1370. The normalized spacial score (nSPS) is 11.3. The molecule has 3 heterocycles. The first-order valence-corrected chi connectivity index (χ1v) is 12.4. The molecule has 0 aliphatic heterocycles. The summed E-state index contributed by atoms with van der Waals surface area (Å²) in [4.78, 5) is 18.4. The van der Waals surface area contributed by atoms with Gasteiger partial charge in [-0.25, -0.2) is 9.97 Å². The van der Waals surface area contributed by atoms with E-state index in [1.807, 2.05) is 42.7 Å². The fourth-order valence-corrected chi connectivity index (χ4v) is 4.64. The van der Waals surface area contributed by atoms with Crippen molar-refractivity contribution in [2.75, 3.05) is 0 Å². The molecule has 0 saturated carbocycles. The van der Waals surface area contributed by atoms with Gasteiger partial charge in [-0.05, 0) is 94.8 Å². The predicted molar refractivity (Wildman–Crippen MR) is 148 cm³/mol. The second-order valence-electron chi connectivity index (χ2n) is 9.64. The molecule has 0 radical (unpaired) electrons. The van der Waals surface area contributed by atoms with Gasteiger partial charge in [-0.3, -0.25) is 9.97 Å². The lowest BCUT2D eigenvalue weighted by Gasteiger charge is -2.23. The Kier molecular flexibility index (Phi) is 6.68. The van der Waals surface area contributed by atoms with Gasteiger partial charge >= 0.3 is 0 Å². The van der Waals surface area contributed by atoms with Crippen LogP contribution in [0.25, 0.3) is 45.0 Å². The summed E-state index contributed by atoms with van der Waals surface area (Å²) in [7, 11) is 0. The second-order valence-corrected chi connectivity index (χ2v) is 9.64. The van der Waals surface area contributed by atoms with Crippen molar-refractivity contribution in [2.45, 2.75) is 39.5 Å². The minimum absolute atomic E-state index is 0.318. The highest BCUT2D eigenvalue weighted by atomic mass is 14.8. The average Bonchev–Trinajstić information content (AvgIpc) is 2.93. The maximum absolute atomic E-state index is 4.65. The number of hydrogen-bond acceptors (Lipinski definition) is 4. The molecule has 0 N–H and O–H groups in total. The smallest absolute Gasteiger partial charge is 0.159 e. The standard InChI is InChI=1S/C32H30N4/c1-21(2)27-19-26(32-35-14-9-15-36-32)20-28(22(3)4)31(27)25-17-23(29-10-5-7-12-33-29)16-24(18-25)30-11-6-8-13-34-30/h5-22H,1-4H3. The molecule has 0 fully saturated rings. The van der Waals surface area contributed by atoms with Crippen LogP contribution in [0.2, 0.25) is 0 Å². The van der Waals surface area contributed by atoms with E-state index < -0.39 is 0 Å². The van der Waals surface area contributed by atoms with Gasteiger partial charge in [0, 0.05) is 41.5 Å². The molecular formula is C32H30N4. The van der Waals surface area contributed by atoms with Crippen LogP contribution in [0.4, 0.5) is 0 Å². The van der Waals surface area contributed by atoms with Gasteiger partial charge in [0.05, 0.1) is 11.4 Å². The number of aromatic nitrogens is 4. The summed E-state index contributed by atoms with van der Waals surface area (Å²) in [6.07, 6.45) is 7.29. The van der Waals surface area contributed by atoms with Crippen molar-refractivity contribution in [3.05, 3.63) is 109 Å². The molecule has 4 nitrogen and oxygen atoms in total. The summed E-state index contributed by atoms with van der Waals surface area (Å²) >= 11 is 0. The topological polar surface area (TPSA) is 51.6 Å².